The van der Waals surface area contributed by atoms with Gasteiger partial charge in [0, 0.05) is 25.7 Å². The molecule has 2 aromatic rings. The summed E-state index contributed by atoms with van der Waals surface area (Å²) < 4.78 is 13.8. The molecule has 0 atom stereocenters. The average molecular weight is 285 g/mol. The van der Waals surface area contributed by atoms with Gasteiger partial charge in [-0.1, -0.05) is 12.1 Å². The molecular formula is C16H16FN3O. The van der Waals surface area contributed by atoms with E-state index >= 15 is 0 Å². The maximum absolute atomic E-state index is 13.8. The van der Waals surface area contributed by atoms with Crippen molar-refractivity contribution < 1.29 is 9.18 Å². The Morgan fingerprint density at radius 2 is 1.81 bits per heavy atom. The largest absolute Gasteiger partial charge is 0.382 e. The molecule has 1 heterocycles. The molecule has 0 fully saturated rings. The minimum absolute atomic E-state index is 0.240. The molecule has 1 aliphatic heterocycles. The van der Waals surface area contributed by atoms with Crippen LogP contribution in [0.5, 0.6) is 0 Å². The van der Waals surface area contributed by atoms with Crippen molar-refractivity contribution in [1.82, 2.24) is 0 Å². The van der Waals surface area contributed by atoms with Gasteiger partial charge >= 0.3 is 0 Å². The third kappa shape index (κ3) is 2.54. The second-order valence-electron chi connectivity index (χ2n) is 4.93. The Hall–Kier alpha value is -2.56. The summed E-state index contributed by atoms with van der Waals surface area (Å²) >= 11 is 0. The Labute approximate surface area is 122 Å². The predicted octanol–water partition coefficient (Wildman–Crippen LogP) is 2.94. The average Bonchev–Trinajstić information content (AvgIpc) is 2.53. The van der Waals surface area contributed by atoms with Crippen LogP contribution in [0.25, 0.3) is 0 Å². The number of hydrogen-bond donors (Lipinski definition) is 2. The summed E-state index contributed by atoms with van der Waals surface area (Å²) in [5.41, 5.74) is 2.67. The Morgan fingerprint density at radius 1 is 1.10 bits per heavy atom. The normalized spacial score (nSPS) is 12.9. The number of halogens is 1. The first-order chi connectivity index (χ1) is 10.2. The molecule has 0 saturated heterocycles. The van der Waals surface area contributed by atoms with Crippen LogP contribution in [0.4, 0.5) is 21.5 Å². The van der Waals surface area contributed by atoms with Crippen LogP contribution >= 0.6 is 0 Å². The van der Waals surface area contributed by atoms with Crippen molar-refractivity contribution in [2.45, 2.75) is 0 Å². The lowest BCUT2D eigenvalue weighted by atomic mass is 10.1. The molecule has 0 aliphatic carbocycles. The van der Waals surface area contributed by atoms with E-state index in [9.17, 15) is 9.18 Å². The molecule has 1 amide bonds. The number of nitrogens with zero attached hydrogens (tertiary/aromatic N) is 1. The van der Waals surface area contributed by atoms with E-state index in [2.05, 4.69) is 10.6 Å². The fourth-order valence-corrected chi connectivity index (χ4v) is 2.40. The zero-order valence-electron chi connectivity index (χ0n) is 11.7. The molecule has 0 unspecified atom stereocenters. The zero-order chi connectivity index (χ0) is 14.8. The van der Waals surface area contributed by atoms with Crippen molar-refractivity contribution in [3.63, 3.8) is 0 Å². The molecule has 3 rings (SSSR count). The molecular weight excluding hydrogens is 269 g/mol. The van der Waals surface area contributed by atoms with E-state index in [-0.39, 0.29) is 11.6 Å². The first kappa shape index (κ1) is 13.4. The highest BCUT2D eigenvalue weighted by Gasteiger charge is 2.18. The Bertz CT molecular complexity index is 687. The minimum Gasteiger partial charge on any atom is -0.382 e. The molecule has 0 bridgehead atoms. The van der Waals surface area contributed by atoms with Gasteiger partial charge in [-0.15, -0.1) is 0 Å². The van der Waals surface area contributed by atoms with Crippen LogP contribution in [0.15, 0.2) is 42.5 Å². The van der Waals surface area contributed by atoms with Crippen molar-refractivity contribution in [3.05, 3.63) is 53.8 Å². The number of nitrogens with one attached hydrogen (secondary N) is 2. The third-order valence-electron chi connectivity index (χ3n) is 3.54. The molecule has 108 valence electrons. The van der Waals surface area contributed by atoms with E-state index in [1.54, 1.807) is 37.4 Å². The number of hydrogen-bond acceptors (Lipinski definition) is 3. The highest BCUT2D eigenvalue weighted by Crippen LogP contribution is 2.27. The molecule has 1 aliphatic rings. The third-order valence-corrected chi connectivity index (χ3v) is 3.54. The van der Waals surface area contributed by atoms with Crippen LogP contribution in [-0.4, -0.2) is 26.0 Å². The van der Waals surface area contributed by atoms with Gasteiger partial charge in [-0.2, -0.15) is 0 Å². The van der Waals surface area contributed by atoms with Gasteiger partial charge < -0.3 is 15.5 Å². The number of amides is 1. The van der Waals surface area contributed by atoms with Gasteiger partial charge in [0.05, 0.1) is 17.1 Å². The Balaban J connectivity index is 1.90. The van der Waals surface area contributed by atoms with Crippen LogP contribution in [0.3, 0.4) is 0 Å². The van der Waals surface area contributed by atoms with E-state index < -0.39 is 5.82 Å². The van der Waals surface area contributed by atoms with Gasteiger partial charge in [-0.3, -0.25) is 4.79 Å². The van der Waals surface area contributed by atoms with Gasteiger partial charge in [0.15, 0.2) is 0 Å². The van der Waals surface area contributed by atoms with E-state index in [1.807, 2.05) is 6.07 Å². The highest BCUT2D eigenvalue weighted by molar-refractivity contribution is 6.06. The second kappa shape index (κ2) is 5.44. The Morgan fingerprint density at radius 3 is 2.57 bits per heavy atom. The standard InChI is InChI=1S/C16H16FN3O/c1-20(15-5-3-2-4-12(15)17)16(21)11-6-7-13-14(10-11)19-9-8-18-13/h2-7,10,18-19H,8-9H2,1H3. The summed E-state index contributed by atoms with van der Waals surface area (Å²) in [6.45, 7) is 1.67. The zero-order valence-corrected chi connectivity index (χ0v) is 11.7. The van der Waals surface area contributed by atoms with E-state index in [4.69, 9.17) is 0 Å². The Kier molecular flexibility index (Phi) is 3.48. The number of carbonyl (C=O) groups is 1. The quantitative estimate of drug-likeness (QED) is 0.891. The van der Waals surface area contributed by atoms with E-state index in [1.165, 1.54) is 11.0 Å². The van der Waals surface area contributed by atoms with Crippen molar-refractivity contribution in [2.75, 3.05) is 35.7 Å². The lowest BCUT2D eigenvalue weighted by molar-refractivity contribution is 0.0992. The number of anilines is 3. The number of rotatable bonds is 2. The maximum atomic E-state index is 13.8. The predicted molar refractivity (Wildman–Crippen MR) is 82.6 cm³/mol. The van der Waals surface area contributed by atoms with Gasteiger partial charge in [-0.05, 0) is 30.3 Å². The van der Waals surface area contributed by atoms with Crippen LogP contribution in [-0.2, 0) is 0 Å². The molecule has 0 aromatic heterocycles. The number of carbonyl (C=O) groups excluding carboxylic acids is 1. The maximum Gasteiger partial charge on any atom is 0.258 e. The van der Waals surface area contributed by atoms with Crippen molar-refractivity contribution >= 4 is 23.0 Å². The number of fused-ring (bicyclic) bond motifs is 1. The SMILES string of the molecule is CN(C(=O)c1ccc2c(c1)NCCN2)c1ccccc1F. The summed E-state index contributed by atoms with van der Waals surface area (Å²) in [5.74, 6) is -0.652. The molecule has 4 nitrogen and oxygen atoms in total. The van der Waals surface area contributed by atoms with Gasteiger partial charge in [0.1, 0.15) is 5.82 Å². The topological polar surface area (TPSA) is 44.4 Å². The van der Waals surface area contributed by atoms with Gasteiger partial charge in [0.2, 0.25) is 0 Å². The minimum atomic E-state index is -0.411. The first-order valence-electron chi connectivity index (χ1n) is 6.81. The summed E-state index contributed by atoms with van der Waals surface area (Å²) in [4.78, 5) is 13.8. The van der Waals surface area contributed by atoms with Crippen LogP contribution in [0, 0.1) is 5.82 Å². The fourth-order valence-electron chi connectivity index (χ4n) is 2.40. The highest BCUT2D eigenvalue weighted by atomic mass is 19.1. The fraction of sp³-hybridized carbons (Fsp3) is 0.188. The molecule has 2 aromatic carbocycles. The molecule has 0 radical (unpaired) electrons. The molecule has 0 saturated carbocycles. The van der Waals surface area contributed by atoms with Crippen LogP contribution < -0.4 is 15.5 Å². The summed E-state index contributed by atoms with van der Waals surface area (Å²) in [6.07, 6.45) is 0. The summed E-state index contributed by atoms with van der Waals surface area (Å²) in [5, 5.41) is 6.49. The van der Waals surface area contributed by atoms with Gasteiger partial charge in [0.25, 0.3) is 5.91 Å². The van der Waals surface area contributed by atoms with Crippen molar-refractivity contribution in [1.29, 1.82) is 0 Å². The van der Waals surface area contributed by atoms with Gasteiger partial charge in [-0.25, -0.2) is 4.39 Å². The summed E-state index contributed by atoms with van der Waals surface area (Å²) in [7, 11) is 1.58. The smallest absolute Gasteiger partial charge is 0.258 e. The lowest BCUT2D eigenvalue weighted by Gasteiger charge is -2.22. The lowest BCUT2D eigenvalue weighted by Crippen LogP contribution is -2.27. The second-order valence-corrected chi connectivity index (χ2v) is 4.93. The van der Waals surface area contributed by atoms with E-state index in [0.717, 1.165) is 24.5 Å². The molecule has 5 heteroatoms. The monoisotopic (exact) mass is 285 g/mol. The number of para-hydroxylation sites is 1. The van der Waals surface area contributed by atoms with Crippen molar-refractivity contribution in [3.8, 4) is 0 Å². The first-order valence-corrected chi connectivity index (χ1v) is 6.81. The van der Waals surface area contributed by atoms with Crippen molar-refractivity contribution in [2.24, 2.45) is 0 Å². The molecule has 0 spiro atoms. The molecule has 21 heavy (non-hydrogen) atoms. The van der Waals surface area contributed by atoms with Crippen LogP contribution in [0.1, 0.15) is 10.4 Å². The summed E-state index contributed by atoms with van der Waals surface area (Å²) in [6, 6.07) is 11.7. The molecule has 2 N–H and O–H groups in total. The van der Waals surface area contributed by atoms with Crippen LogP contribution in [0.2, 0.25) is 0 Å². The van der Waals surface area contributed by atoms with E-state index in [0.29, 0.717) is 5.56 Å². The number of benzene rings is 2.